The first-order valence-corrected chi connectivity index (χ1v) is 31.7. The molecule has 5 N–H and O–H groups in total. The maximum atomic E-state index is 11.0. The maximum absolute atomic E-state index is 11.0. The molecule has 0 atom stereocenters. The molecule has 0 aliphatic rings. The zero-order valence-electron chi connectivity index (χ0n) is 36.1. The third-order valence-electron chi connectivity index (χ3n) is 7.79. The van der Waals surface area contributed by atoms with Crippen molar-refractivity contribution in [2.24, 2.45) is 0 Å². The minimum Gasteiger partial charge on any atom is -0.491 e. The fourth-order valence-electron chi connectivity index (χ4n) is 4.68. The van der Waals surface area contributed by atoms with Gasteiger partial charge in [-0.25, -0.2) is 24.0 Å². The number of methoxy groups -OCH3 is 1. The Morgan fingerprint density at radius 2 is 1.12 bits per heavy atom. The van der Waals surface area contributed by atoms with E-state index in [2.05, 4.69) is 31.9 Å². The van der Waals surface area contributed by atoms with Gasteiger partial charge in [-0.1, -0.05) is 45.2 Å². The highest BCUT2D eigenvalue weighted by molar-refractivity contribution is 14.2. The van der Waals surface area contributed by atoms with E-state index in [-0.39, 0.29) is 35.9 Å². The van der Waals surface area contributed by atoms with Gasteiger partial charge in [0.25, 0.3) is 11.4 Å². The van der Waals surface area contributed by atoms with Crippen molar-refractivity contribution in [2.45, 2.75) is 0 Å². The van der Waals surface area contributed by atoms with E-state index in [9.17, 15) is 59.5 Å². The largest absolute Gasteiger partial charge is 0.491 e. The zero-order chi connectivity index (χ0) is 56.4. The molecule has 0 bridgehead atoms. The third kappa shape index (κ3) is 22.8. The number of nitrogens with zero attached hydrogens (tertiary/aromatic N) is 2. The molecule has 400 valence electrons. The van der Waals surface area contributed by atoms with Crippen LogP contribution in [0.5, 0.6) is 5.75 Å². The Bertz CT molecular complexity index is 2880. The minimum absolute atomic E-state index is 0.0283. The molecule has 74 heavy (non-hydrogen) atoms. The molecule has 0 aromatic heterocycles. The van der Waals surface area contributed by atoms with Gasteiger partial charge in [-0.3, -0.25) is 35.6 Å². The lowest BCUT2D eigenvalue weighted by atomic mass is 10.2. The topological polar surface area (TPSA) is 386 Å². The van der Waals surface area contributed by atoms with E-state index >= 15 is 0 Å². The standard InChI is InChI=1S/C12H15IO6.C7H3Br2IO3.C7H3Cl2IO3.C7H4I2O3.C7H3IN2O7/c1-17-4-5-18-6-7-19-9-2-3-11(13-16)10(8-9)12(14)15;2*8-3-1-4(7(11)12)6(10-13)5(9)2-3;8-5-3-1-2-4(7(10)11)6(5)9-12;11-7(12)4-1-3(9(14)15)2-5(10(16)17)6(4)8-13/h2-3,8H,4-7H2,1H3,(H,14,15);2*1-2H,(H,11,12);1-3H,(H,10,11);1-2H,(H,11,12). The highest BCUT2D eigenvalue weighted by atomic mass is 127. The van der Waals surface area contributed by atoms with Crippen LogP contribution in [0.25, 0.3) is 0 Å². The maximum Gasteiger partial charge on any atom is 0.337 e. The predicted octanol–water partition coefficient (Wildman–Crippen LogP) is 12.6. The van der Waals surface area contributed by atoms with E-state index in [4.69, 9.17) is 62.9 Å². The molecular formula is C40H28Br2Cl2I6N2O22. The van der Waals surface area contributed by atoms with Gasteiger partial charge in [0.2, 0.25) is 0 Å². The van der Waals surface area contributed by atoms with Crippen molar-refractivity contribution in [1.82, 2.24) is 0 Å². The molecule has 0 aliphatic carbocycles. The van der Waals surface area contributed by atoms with E-state index in [0.717, 1.165) is 3.57 Å². The van der Waals surface area contributed by atoms with E-state index in [1.807, 2.05) is 22.6 Å². The van der Waals surface area contributed by atoms with Crippen molar-refractivity contribution in [2.75, 3.05) is 33.5 Å². The molecule has 5 aromatic carbocycles. The fraction of sp³-hybridized carbons (Fsp3) is 0.125. The lowest BCUT2D eigenvalue weighted by Crippen LogP contribution is -2.10. The van der Waals surface area contributed by atoms with Crippen LogP contribution < -0.4 is 4.74 Å². The molecule has 5 rings (SSSR count). The van der Waals surface area contributed by atoms with E-state index in [1.165, 1.54) is 36.4 Å². The second-order valence-electron chi connectivity index (χ2n) is 12.4. The van der Waals surface area contributed by atoms with Crippen LogP contribution in [0.15, 0.2) is 81.7 Å². The van der Waals surface area contributed by atoms with Gasteiger partial charge >= 0.3 is 29.8 Å². The number of ether oxygens (including phenoxy) is 3. The van der Waals surface area contributed by atoms with Gasteiger partial charge in [-0.05, 0) is 93.1 Å². The summed E-state index contributed by atoms with van der Waals surface area (Å²) >= 11 is 11.4. The molecule has 0 saturated carbocycles. The predicted molar refractivity (Wildman–Crippen MR) is 314 cm³/mol. The molecule has 34 heteroatoms. The molecule has 0 radical (unpaired) electrons. The van der Waals surface area contributed by atoms with Crippen LogP contribution in [0.3, 0.4) is 0 Å². The van der Waals surface area contributed by atoms with Crippen molar-refractivity contribution in [3.63, 3.8) is 0 Å². The van der Waals surface area contributed by atoms with Gasteiger partial charge in [-0.15, -0.1) is 0 Å². The Balaban J connectivity index is 0.000000467. The van der Waals surface area contributed by atoms with Gasteiger partial charge in [0.1, 0.15) is 15.9 Å². The average Bonchev–Trinajstić information content (AvgIpc) is 3.34. The van der Waals surface area contributed by atoms with Crippen LogP contribution in [0.2, 0.25) is 10.0 Å². The molecule has 24 nitrogen and oxygen atoms in total. The van der Waals surface area contributed by atoms with Crippen LogP contribution in [-0.2, 0) is 24.8 Å². The lowest BCUT2D eigenvalue weighted by molar-refractivity contribution is -0.394. The fourth-order valence-corrected chi connectivity index (χ4v) is 13.2. The first kappa shape index (κ1) is 68.9. The Morgan fingerprint density at radius 1 is 0.595 bits per heavy atom. The van der Waals surface area contributed by atoms with Crippen LogP contribution in [-0.4, -0.2) is 98.8 Å². The number of rotatable bonds is 19. The summed E-state index contributed by atoms with van der Waals surface area (Å²) in [6.07, 6.45) is 0. The summed E-state index contributed by atoms with van der Waals surface area (Å²) in [6.45, 7) is 1.71. The monoisotopic (exact) mass is 1880 g/mol. The first-order chi connectivity index (χ1) is 34.8. The van der Waals surface area contributed by atoms with E-state index in [1.54, 1.807) is 31.4 Å². The number of non-ortho nitro benzene ring substituents is 1. The number of hydrogen-bond donors (Lipinski definition) is 5. The molecule has 0 aliphatic heterocycles. The smallest absolute Gasteiger partial charge is 0.337 e. The molecule has 0 amide bonds. The molecule has 0 fully saturated rings. The van der Waals surface area contributed by atoms with Crippen molar-refractivity contribution in [3.05, 3.63) is 161 Å². The lowest BCUT2D eigenvalue weighted by Gasteiger charge is -2.08. The minimum atomic E-state index is -2.13. The van der Waals surface area contributed by atoms with Crippen LogP contribution in [0.1, 0.15) is 51.8 Å². The molecule has 0 spiro atoms. The number of hydrogen-bond acceptors (Lipinski definition) is 17. The number of halogens is 10. The summed E-state index contributed by atoms with van der Waals surface area (Å²) in [4.78, 5) is 72.8. The number of benzene rings is 5. The summed E-state index contributed by atoms with van der Waals surface area (Å²) in [5, 5.41) is 65.3. The molecule has 5 aromatic rings. The summed E-state index contributed by atoms with van der Waals surface area (Å²) < 4.78 is 72.2. The molecule has 0 heterocycles. The number of carbonyl (C=O) groups is 5. The molecule has 0 unspecified atom stereocenters. The Labute approximate surface area is 507 Å². The number of nitro groups is 2. The van der Waals surface area contributed by atoms with Gasteiger partial charge in [0.15, 0.2) is 106 Å². The van der Waals surface area contributed by atoms with Crippen LogP contribution >= 0.6 is 184 Å². The zero-order valence-corrected chi connectivity index (χ0v) is 53.7. The number of nitro benzene ring substituents is 2. The van der Waals surface area contributed by atoms with Crippen molar-refractivity contribution < 1.29 is 88.9 Å². The highest BCUT2D eigenvalue weighted by Crippen LogP contribution is 2.33. The van der Waals surface area contributed by atoms with Crippen molar-refractivity contribution in [3.8, 4) is 5.75 Å². The number of carboxylic acids is 5. The Hall–Kier alpha value is -3.11. The Morgan fingerprint density at radius 3 is 1.59 bits per heavy atom. The van der Waals surface area contributed by atoms with E-state index in [0.29, 0.717) is 64.0 Å². The molecule has 0 saturated heterocycles. The highest BCUT2D eigenvalue weighted by Gasteiger charge is 2.28. The number of carboxylic acid groups (broad SMARTS) is 5. The van der Waals surface area contributed by atoms with Gasteiger partial charge in [0, 0.05) is 30.7 Å². The van der Waals surface area contributed by atoms with Crippen LogP contribution in [0, 0.1) is 41.6 Å². The normalized spacial score (nSPS) is 10.0. The van der Waals surface area contributed by atoms with Crippen molar-refractivity contribution in [1.29, 1.82) is 0 Å². The van der Waals surface area contributed by atoms with Gasteiger partial charge < -0.3 is 39.7 Å². The summed E-state index contributed by atoms with van der Waals surface area (Å²) in [6, 6.07) is 16.4. The van der Waals surface area contributed by atoms with E-state index < -0.39 is 166 Å². The Kier molecular flexibility index (Phi) is 33.6. The third-order valence-corrected chi connectivity index (χ3v) is 20.2. The number of aromatic carboxylic acids is 5. The first-order valence-electron chi connectivity index (χ1n) is 18.4. The summed E-state index contributed by atoms with van der Waals surface area (Å²) in [5.74, 6) is -5.52. The van der Waals surface area contributed by atoms with Crippen molar-refractivity contribution >= 4 is 225 Å². The SMILES string of the molecule is COCCOCCOc1ccc(I=O)c(C(=O)O)c1.O=Ic1c(Br)cc(Br)cc1C(=O)O.O=Ic1c(C(=O)O)cc([N+](=O)[O-])cc1[N+](=O)[O-].O=Ic1c(Cl)cc(Cl)cc1C(=O)O.O=Ic1c(I)cccc1C(=O)O. The second kappa shape index (κ2) is 36.1. The second-order valence-corrected chi connectivity index (χ2v) is 23.9. The molecular weight excluding hydrogens is 1850 g/mol. The summed E-state index contributed by atoms with van der Waals surface area (Å²) in [5.41, 5.74) is -2.02. The quantitative estimate of drug-likeness (QED) is 0.0168. The van der Waals surface area contributed by atoms with Crippen LogP contribution in [0.4, 0.5) is 11.4 Å². The average molecular weight is 1880 g/mol. The summed E-state index contributed by atoms with van der Waals surface area (Å²) in [7, 11) is 1.59. The van der Waals surface area contributed by atoms with Gasteiger partial charge in [0.05, 0.1) is 82.9 Å². The van der Waals surface area contributed by atoms with Gasteiger partial charge in [-0.2, -0.15) is 0 Å².